The Hall–Kier alpha value is -1.41. The number of aromatic nitrogens is 2. The SMILES string of the molecule is CC(C)Cc1cc(C(=O)NCCN(C)S(C)(=O)=O)n(C)n1. The summed E-state index contributed by atoms with van der Waals surface area (Å²) >= 11 is 0. The molecule has 0 aromatic carbocycles. The van der Waals surface area contributed by atoms with E-state index in [4.69, 9.17) is 0 Å². The molecule has 0 aliphatic carbocycles. The molecule has 0 fully saturated rings. The van der Waals surface area contributed by atoms with Gasteiger partial charge in [-0.2, -0.15) is 5.10 Å². The Morgan fingerprint density at radius 1 is 1.48 bits per heavy atom. The van der Waals surface area contributed by atoms with Crippen LogP contribution in [-0.4, -0.2) is 54.8 Å². The lowest BCUT2D eigenvalue weighted by Crippen LogP contribution is -2.36. The fraction of sp³-hybridized carbons (Fsp3) is 0.692. The van der Waals surface area contributed by atoms with Gasteiger partial charge in [0.15, 0.2) is 0 Å². The molecule has 1 aromatic rings. The van der Waals surface area contributed by atoms with E-state index in [1.165, 1.54) is 11.4 Å². The zero-order valence-corrected chi connectivity index (χ0v) is 14.1. The fourth-order valence-electron chi connectivity index (χ4n) is 1.84. The van der Waals surface area contributed by atoms with Crippen LogP contribution in [0.2, 0.25) is 0 Å². The van der Waals surface area contributed by atoms with E-state index in [0.717, 1.165) is 18.4 Å². The van der Waals surface area contributed by atoms with Crippen molar-refractivity contribution in [2.45, 2.75) is 20.3 Å². The molecule has 1 heterocycles. The van der Waals surface area contributed by atoms with E-state index in [-0.39, 0.29) is 19.0 Å². The minimum absolute atomic E-state index is 0.237. The second kappa shape index (κ2) is 7.04. The molecule has 0 aliphatic rings. The van der Waals surface area contributed by atoms with Crippen molar-refractivity contribution in [3.8, 4) is 0 Å². The first-order chi connectivity index (χ1) is 9.61. The van der Waals surface area contributed by atoms with Crippen molar-refractivity contribution in [3.05, 3.63) is 17.5 Å². The Balaban J connectivity index is 2.58. The second-order valence-corrected chi connectivity index (χ2v) is 7.67. The third-order valence-corrected chi connectivity index (χ3v) is 4.37. The van der Waals surface area contributed by atoms with Gasteiger partial charge in [-0.1, -0.05) is 13.8 Å². The van der Waals surface area contributed by atoms with Crippen LogP contribution in [0.1, 0.15) is 30.0 Å². The van der Waals surface area contributed by atoms with Crippen LogP contribution in [0.25, 0.3) is 0 Å². The highest BCUT2D eigenvalue weighted by atomic mass is 32.2. The topological polar surface area (TPSA) is 84.3 Å². The maximum atomic E-state index is 12.1. The van der Waals surface area contributed by atoms with Crippen LogP contribution in [0, 0.1) is 5.92 Å². The predicted octanol–water partition coefficient (Wildman–Crippen LogP) is 0.240. The molecule has 0 saturated carbocycles. The second-order valence-electron chi connectivity index (χ2n) is 5.58. The molecule has 1 N–H and O–H groups in total. The van der Waals surface area contributed by atoms with E-state index >= 15 is 0 Å². The van der Waals surface area contributed by atoms with Gasteiger partial charge in [-0.05, 0) is 18.4 Å². The summed E-state index contributed by atoms with van der Waals surface area (Å²) in [5, 5.41) is 7.01. The number of carbonyl (C=O) groups is 1. The van der Waals surface area contributed by atoms with E-state index in [1.54, 1.807) is 17.8 Å². The molecular weight excluding hydrogens is 292 g/mol. The first kappa shape index (κ1) is 17.6. The Morgan fingerprint density at radius 3 is 2.62 bits per heavy atom. The quantitative estimate of drug-likeness (QED) is 0.781. The number of likely N-dealkylation sites (N-methyl/N-ethyl adjacent to an activating group) is 1. The predicted molar refractivity (Wildman–Crippen MR) is 81.6 cm³/mol. The Bertz CT molecular complexity index is 593. The van der Waals surface area contributed by atoms with Crippen molar-refractivity contribution in [1.82, 2.24) is 19.4 Å². The van der Waals surface area contributed by atoms with E-state index in [0.29, 0.717) is 11.6 Å². The van der Waals surface area contributed by atoms with Gasteiger partial charge in [0, 0.05) is 27.2 Å². The van der Waals surface area contributed by atoms with Crippen molar-refractivity contribution in [2.24, 2.45) is 13.0 Å². The van der Waals surface area contributed by atoms with Gasteiger partial charge in [-0.25, -0.2) is 12.7 Å². The van der Waals surface area contributed by atoms with Crippen LogP contribution in [0.3, 0.4) is 0 Å². The van der Waals surface area contributed by atoms with Crippen molar-refractivity contribution in [1.29, 1.82) is 0 Å². The van der Waals surface area contributed by atoms with Gasteiger partial charge in [-0.15, -0.1) is 0 Å². The minimum Gasteiger partial charge on any atom is -0.349 e. The van der Waals surface area contributed by atoms with Gasteiger partial charge in [0.25, 0.3) is 5.91 Å². The molecule has 0 atom stereocenters. The van der Waals surface area contributed by atoms with Gasteiger partial charge >= 0.3 is 0 Å². The summed E-state index contributed by atoms with van der Waals surface area (Å²) in [6, 6.07) is 1.77. The highest BCUT2D eigenvalue weighted by molar-refractivity contribution is 7.88. The molecule has 0 spiro atoms. The summed E-state index contributed by atoms with van der Waals surface area (Å²) < 4.78 is 25.2. The zero-order valence-electron chi connectivity index (χ0n) is 13.3. The summed E-state index contributed by atoms with van der Waals surface area (Å²) in [7, 11) is -0.0164. The lowest BCUT2D eigenvalue weighted by molar-refractivity contribution is 0.0943. The number of nitrogens with one attached hydrogen (secondary N) is 1. The standard InChI is InChI=1S/C13H24N4O3S/c1-10(2)8-11-9-12(17(4)15-11)13(18)14-6-7-16(3)21(5,19)20/h9-10H,6-8H2,1-5H3,(H,14,18). The zero-order chi connectivity index (χ0) is 16.2. The monoisotopic (exact) mass is 316 g/mol. The summed E-state index contributed by atoms with van der Waals surface area (Å²) in [6.45, 7) is 4.68. The molecule has 0 radical (unpaired) electrons. The average Bonchev–Trinajstić information content (AvgIpc) is 2.67. The van der Waals surface area contributed by atoms with E-state index < -0.39 is 10.0 Å². The number of carbonyl (C=O) groups excluding carboxylic acids is 1. The number of sulfonamides is 1. The number of hydrogen-bond acceptors (Lipinski definition) is 4. The summed E-state index contributed by atoms with van der Waals surface area (Å²) in [5.74, 6) is 0.223. The summed E-state index contributed by atoms with van der Waals surface area (Å²) in [5.41, 5.74) is 1.36. The molecule has 1 amide bonds. The molecule has 120 valence electrons. The molecule has 0 aliphatic heterocycles. The molecular formula is C13H24N4O3S. The van der Waals surface area contributed by atoms with Crippen LogP contribution in [0.4, 0.5) is 0 Å². The van der Waals surface area contributed by atoms with Gasteiger partial charge < -0.3 is 5.32 Å². The Labute approximate surface area is 126 Å². The van der Waals surface area contributed by atoms with Crippen molar-refractivity contribution in [3.63, 3.8) is 0 Å². The van der Waals surface area contributed by atoms with E-state index in [2.05, 4.69) is 24.3 Å². The van der Waals surface area contributed by atoms with E-state index in [1.807, 2.05) is 0 Å². The van der Waals surface area contributed by atoms with Crippen molar-refractivity contribution < 1.29 is 13.2 Å². The fourth-order valence-corrected chi connectivity index (χ4v) is 2.26. The molecule has 0 bridgehead atoms. The van der Waals surface area contributed by atoms with Crippen LogP contribution in [0.15, 0.2) is 6.07 Å². The molecule has 1 aromatic heterocycles. The number of aryl methyl sites for hydroxylation is 1. The van der Waals surface area contributed by atoms with Crippen LogP contribution in [-0.2, 0) is 23.5 Å². The first-order valence-corrected chi connectivity index (χ1v) is 8.68. The number of nitrogens with zero attached hydrogens (tertiary/aromatic N) is 3. The highest BCUT2D eigenvalue weighted by Gasteiger charge is 2.15. The Morgan fingerprint density at radius 2 is 2.10 bits per heavy atom. The van der Waals surface area contributed by atoms with Gasteiger partial charge in [0.1, 0.15) is 5.69 Å². The summed E-state index contributed by atoms with van der Waals surface area (Å²) in [4.78, 5) is 12.1. The average molecular weight is 316 g/mol. The molecule has 21 heavy (non-hydrogen) atoms. The molecule has 7 nitrogen and oxygen atoms in total. The molecule has 1 rings (SSSR count). The lowest BCUT2D eigenvalue weighted by Gasteiger charge is -2.14. The highest BCUT2D eigenvalue weighted by Crippen LogP contribution is 2.08. The van der Waals surface area contributed by atoms with Crippen molar-refractivity contribution >= 4 is 15.9 Å². The van der Waals surface area contributed by atoms with Crippen LogP contribution < -0.4 is 5.32 Å². The Kier molecular flexibility index (Phi) is 5.91. The van der Waals surface area contributed by atoms with Crippen LogP contribution in [0.5, 0.6) is 0 Å². The largest absolute Gasteiger partial charge is 0.349 e. The van der Waals surface area contributed by atoms with Gasteiger partial charge in [0.2, 0.25) is 10.0 Å². The minimum atomic E-state index is -3.22. The van der Waals surface area contributed by atoms with Crippen LogP contribution >= 0.6 is 0 Å². The number of rotatable bonds is 7. The van der Waals surface area contributed by atoms with Gasteiger partial charge in [0.05, 0.1) is 11.9 Å². The first-order valence-electron chi connectivity index (χ1n) is 6.83. The third kappa shape index (κ3) is 5.47. The smallest absolute Gasteiger partial charge is 0.269 e. The van der Waals surface area contributed by atoms with Gasteiger partial charge in [-0.3, -0.25) is 9.48 Å². The molecule has 8 heteroatoms. The number of amides is 1. The lowest BCUT2D eigenvalue weighted by atomic mass is 10.1. The maximum Gasteiger partial charge on any atom is 0.269 e. The van der Waals surface area contributed by atoms with Crippen molar-refractivity contribution in [2.75, 3.05) is 26.4 Å². The third-order valence-electron chi connectivity index (χ3n) is 3.06. The van der Waals surface area contributed by atoms with E-state index in [9.17, 15) is 13.2 Å². The molecule has 0 saturated heterocycles. The number of hydrogen-bond donors (Lipinski definition) is 1. The molecule has 0 unspecified atom stereocenters. The summed E-state index contributed by atoms with van der Waals surface area (Å²) in [6.07, 6.45) is 1.95. The maximum absolute atomic E-state index is 12.1. The normalized spacial score (nSPS) is 12.1.